The van der Waals surface area contributed by atoms with Crippen molar-refractivity contribution >= 4 is 21.8 Å². The van der Waals surface area contributed by atoms with Crippen LogP contribution in [0, 0.1) is 0 Å². The Labute approximate surface area is 162 Å². The normalized spacial score (nSPS) is 11.1. The first kappa shape index (κ1) is 20.7. The van der Waals surface area contributed by atoms with Crippen molar-refractivity contribution in [3.05, 3.63) is 59.9 Å². The highest BCUT2D eigenvalue weighted by atomic mass is 15.1. The zero-order valence-corrected chi connectivity index (χ0v) is 17.6. The number of nitrogens with zero attached hydrogens (tertiary/aromatic N) is 2. The van der Waals surface area contributed by atoms with Crippen molar-refractivity contribution in [2.75, 3.05) is 0 Å². The fourth-order valence-corrected chi connectivity index (χ4v) is 3.12. The molecule has 2 aromatic carbocycles. The topological polar surface area (TPSA) is 57.4 Å². The molecule has 27 heavy (non-hydrogen) atoms. The quantitative estimate of drug-likeness (QED) is 0.401. The first-order valence-electron chi connectivity index (χ1n) is 9.72. The van der Waals surface area contributed by atoms with Crippen molar-refractivity contribution in [3.63, 3.8) is 0 Å². The monoisotopic (exact) mass is 364 g/mol. The summed E-state index contributed by atoms with van der Waals surface area (Å²) < 4.78 is 0. The number of aromatic nitrogens is 4. The maximum Gasteiger partial charge on any atom is 0.0653 e. The SMILES string of the molecule is CC.CC(C)(C)c1cccc2[nH]ncc12.CC(C)c1cccc2[nH]ncc12. The van der Waals surface area contributed by atoms with Gasteiger partial charge in [0.15, 0.2) is 0 Å². The maximum atomic E-state index is 4.05. The molecule has 0 aliphatic carbocycles. The van der Waals surface area contributed by atoms with E-state index in [9.17, 15) is 0 Å². The molecule has 0 aliphatic rings. The van der Waals surface area contributed by atoms with E-state index in [-0.39, 0.29) is 5.41 Å². The minimum Gasteiger partial charge on any atom is -0.278 e. The Morgan fingerprint density at radius 1 is 0.778 bits per heavy atom. The molecule has 0 saturated carbocycles. The third-order valence-electron chi connectivity index (χ3n) is 4.43. The number of aromatic amines is 2. The summed E-state index contributed by atoms with van der Waals surface area (Å²) in [6.07, 6.45) is 3.79. The van der Waals surface area contributed by atoms with Gasteiger partial charge < -0.3 is 0 Å². The van der Waals surface area contributed by atoms with Crippen LogP contribution in [-0.4, -0.2) is 20.4 Å². The molecule has 0 unspecified atom stereocenters. The van der Waals surface area contributed by atoms with E-state index in [1.807, 2.05) is 32.3 Å². The average Bonchev–Trinajstić information content (AvgIpc) is 3.31. The fraction of sp³-hybridized carbons (Fsp3) is 0.391. The van der Waals surface area contributed by atoms with E-state index >= 15 is 0 Å². The highest BCUT2D eigenvalue weighted by Crippen LogP contribution is 2.28. The van der Waals surface area contributed by atoms with Crippen molar-refractivity contribution in [1.29, 1.82) is 0 Å². The van der Waals surface area contributed by atoms with Crippen LogP contribution in [0.2, 0.25) is 0 Å². The summed E-state index contributed by atoms with van der Waals surface area (Å²) in [5, 5.41) is 16.5. The average molecular weight is 365 g/mol. The van der Waals surface area contributed by atoms with E-state index in [4.69, 9.17) is 0 Å². The minimum absolute atomic E-state index is 0.184. The van der Waals surface area contributed by atoms with Gasteiger partial charge in [-0.25, -0.2) is 0 Å². The Morgan fingerprint density at radius 3 is 1.85 bits per heavy atom. The van der Waals surface area contributed by atoms with E-state index < -0.39 is 0 Å². The minimum atomic E-state index is 0.184. The molecule has 0 atom stereocenters. The third kappa shape index (κ3) is 4.76. The van der Waals surface area contributed by atoms with Crippen LogP contribution >= 0.6 is 0 Å². The van der Waals surface area contributed by atoms with Crippen LogP contribution in [0.5, 0.6) is 0 Å². The van der Waals surface area contributed by atoms with Gasteiger partial charge in [0.2, 0.25) is 0 Å². The van der Waals surface area contributed by atoms with Gasteiger partial charge in [-0.3, -0.25) is 10.2 Å². The number of hydrogen-bond acceptors (Lipinski definition) is 2. The van der Waals surface area contributed by atoms with E-state index in [1.54, 1.807) is 0 Å². The molecule has 0 bridgehead atoms. The molecule has 0 amide bonds. The van der Waals surface area contributed by atoms with Crippen LogP contribution in [0.3, 0.4) is 0 Å². The molecule has 0 spiro atoms. The summed E-state index contributed by atoms with van der Waals surface area (Å²) in [6, 6.07) is 12.6. The molecule has 0 aliphatic heterocycles. The summed E-state index contributed by atoms with van der Waals surface area (Å²) in [5.74, 6) is 0.561. The van der Waals surface area contributed by atoms with Gasteiger partial charge in [0, 0.05) is 10.8 Å². The second kappa shape index (κ2) is 8.85. The summed E-state index contributed by atoms with van der Waals surface area (Å²) in [4.78, 5) is 0. The Hall–Kier alpha value is -2.62. The van der Waals surface area contributed by atoms with Crippen LogP contribution < -0.4 is 0 Å². The predicted molar refractivity (Wildman–Crippen MR) is 116 cm³/mol. The van der Waals surface area contributed by atoms with E-state index in [2.05, 4.69) is 85.3 Å². The molecule has 2 N–H and O–H groups in total. The van der Waals surface area contributed by atoms with Gasteiger partial charge >= 0.3 is 0 Å². The standard InChI is InChI=1S/C11H14N2.C10H12N2.C2H6/c1-11(2,3)9-5-4-6-10-8(9)7-12-13-10;1-7(2)8-4-3-5-10-9(8)6-11-12-10;1-2/h4-7H,1-3H3,(H,12,13);3-7H,1-2H3,(H,11,12);1-2H3. The molecule has 4 heteroatoms. The highest BCUT2D eigenvalue weighted by Gasteiger charge is 2.16. The van der Waals surface area contributed by atoms with E-state index in [0.717, 1.165) is 11.0 Å². The van der Waals surface area contributed by atoms with Crippen molar-refractivity contribution in [1.82, 2.24) is 20.4 Å². The summed E-state index contributed by atoms with van der Waals surface area (Å²) in [5.41, 5.74) is 5.14. The molecule has 4 rings (SSSR count). The predicted octanol–water partition coefficient (Wildman–Crippen LogP) is 6.57. The molecule has 144 valence electrons. The number of benzene rings is 2. The van der Waals surface area contributed by atoms with Crippen LogP contribution in [0.15, 0.2) is 48.8 Å². The lowest BCUT2D eigenvalue weighted by atomic mass is 9.85. The second-order valence-electron chi connectivity index (χ2n) is 7.72. The van der Waals surface area contributed by atoms with Gasteiger partial charge in [-0.2, -0.15) is 10.2 Å². The van der Waals surface area contributed by atoms with Gasteiger partial charge in [0.1, 0.15) is 0 Å². The Kier molecular flexibility index (Phi) is 6.78. The summed E-state index contributed by atoms with van der Waals surface area (Å²) in [7, 11) is 0. The molecule has 0 saturated heterocycles. The molecule has 0 fully saturated rings. The van der Waals surface area contributed by atoms with E-state index in [0.29, 0.717) is 5.92 Å². The lowest BCUT2D eigenvalue weighted by Gasteiger charge is -2.19. The van der Waals surface area contributed by atoms with Crippen molar-refractivity contribution in [2.24, 2.45) is 0 Å². The fourth-order valence-electron chi connectivity index (χ4n) is 3.12. The largest absolute Gasteiger partial charge is 0.278 e. The number of rotatable bonds is 1. The number of H-pyrrole nitrogens is 2. The zero-order chi connectivity index (χ0) is 20.0. The smallest absolute Gasteiger partial charge is 0.0653 e. The first-order chi connectivity index (χ1) is 12.9. The maximum absolute atomic E-state index is 4.05. The van der Waals surface area contributed by atoms with Crippen molar-refractivity contribution in [2.45, 2.75) is 59.8 Å². The first-order valence-corrected chi connectivity index (χ1v) is 9.72. The van der Waals surface area contributed by atoms with Gasteiger partial charge in [0.05, 0.1) is 23.4 Å². The van der Waals surface area contributed by atoms with Gasteiger partial charge in [0.25, 0.3) is 0 Å². The molecule has 4 aromatic rings. The molecular weight excluding hydrogens is 332 g/mol. The molecule has 2 heterocycles. The van der Waals surface area contributed by atoms with E-state index in [1.165, 1.54) is 21.9 Å². The summed E-state index contributed by atoms with van der Waals surface area (Å²) >= 11 is 0. The second-order valence-corrected chi connectivity index (χ2v) is 7.72. The summed E-state index contributed by atoms with van der Waals surface area (Å²) in [6.45, 7) is 15.0. The van der Waals surface area contributed by atoms with Gasteiger partial charge in [-0.1, -0.05) is 72.7 Å². The Balaban J connectivity index is 0.000000178. The molecule has 0 radical (unpaired) electrons. The van der Waals surface area contributed by atoms with Crippen molar-refractivity contribution in [3.8, 4) is 0 Å². The molecule has 2 aromatic heterocycles. The van der Waals surface area contributed by atoms with Crippen molar-refractivity contribution < 1.29 is 0 Å². The number of fused-ring (bicyclic) bond motifs is 2. The highest BCUT2D eigenvalue weighted by molar-refractivity contribution is 5.83. The van der Waals surface area contributed by atoms with Crippen LogP contribution in [0.25, 0.3) is 21.8 Å². The lowest BCUT2D eigenvalue weighted by molar-refractivity contribution is 0.596. The van der Waals surface area contributed by atoms with Crippen LogP contribution in [0.4, 0.5) is 0 Å². The number of nitrogens with one attached hydrogen (secondary N) is 2. The van der Waals surface area contributed by atoms with Gasteiger partial charge in [-0.05, 0) is 34.6 Å². The Bertz CT molecular complexity index is 971. The van der Waals surface area contributed by atoms with Crippen LogP contribution in [0.1, 0.15) is 65.5 Å². The zero-order valence-electron chi connectivity index (χ0n) is 17.6. The Morgan fingerprint density at radius 2 is 1.30 bits per heavy atom. The third-order valence-corrected chi connectivity index (χ3v) is 4.43. The molecule has 4 nitrogen and oxygen atoms in total. The van der Waals surface area contributed by atoms with Gasteiger partial charge in [-0.15, -0.1) is 0 Å². The molecular formula is C23H32N4. The lowest BCUT2D eigenvalue weighted by Crippen LogP contribution is -2.10. The van der Waals surface area contributed by atoms with Crippen LogP contribution in [-0.2, 0) is 5.41 Å². The number of hydrogen-bond donors (Lipinski definition) is 2.